The molecule has 4 nitrogen and oxygen atoms in total. The number of halogens is 1. The summed E-state index contributed by atoms with van der Waals surface area (Å²) in [6.07, 6.45) is 0.634. The summed E-state index contributed by atoms with van der Waals surface area (Å²) in [6, 6.07) is 19.5. The molecule has 0 fully saturated rings. The maximum absolute atomic E-state index is 9.43. The molecule has 5 heteroatoms. The predicted octanol–water partition coefficient (Wildman–Crippen LogP) is 4.57. The molecule has 2 aromatic carbocycles. The first-order valence-corrected chi connectivity index (χ1v) is 8.76. The largest absolute Gasteiger partial charge is 0.492 e. The number of nitrogens with two attached hydrogens (primary N) is 1. The van der Waals surface area contributed by atoms with Crippen molar-refractivity contribution in [3.05, 3.63) is 82.1 Å². The lowest BCUT2D eigenvalue weighted by Crippen LogP contribution is -2.13. The molecule has 1 heterocycles. The van der Waals surface area contributed by atoms with E-state index in [1.54, 1.807) is 6.07 Å². The Balaban J connectivity index is 1.77. The number of rotatable bonds is 6. The Labute approximate surface area is 158 Å². The van der Waals surface area contributed by atoms with Crippen LogP contribution < -0.4 is 10.5 Å². The zero-order valence-electron chi connectivity index (χ0n) is 14.6. The molecule has 3 aromatic rings. The Kier molecular flexibility index (Phi) is 5.50. The Morgan fingerprint density at radius 2 is 1.92 bits per heavy atom. The van der Waals surface area contributed by atoms with E-state index in [-0.39, 0.29) is 0 Å². The van der Waals surface area contributed by atoms with Crippen molar-refractivity contribution in [2.24, 2.45) is 0 Å². The summed E-state index contributed by atoms with van der Waals surface area (Å²) in [5, 5.41) is 10.1. The van der Waals surface area contributed by atoms with Gasteiger partial charge in [-0.05, 0) is 48.4 Å². The summed E-state index contributed by atoms with van der Waals surface area (Å²) in [4.78, 5) is 0. The molecule has 0 aliphatic carbocycles. The van der Waals surface area contributed by atoms with Crippen molar-refractivity contribution in [2.75, 3.05) is 12.3 Å². The first-order chi connectivity index (χ1) is 12.6. The molecule has 0 bridgehead atoms. The molecule has 0 unspecified atom stereocenters. The van der Waals surface area contributed by atoms with Crippen molar-refractivity contribution in [3.8, 4) is 11.8 Å². The van der Waals surface area contributed by atoms with E-state index in [0.717, 1.165) is 22.6 Å². The van der Waals surface area contributed by atoms with Crippen molar-refractivity contribution in [1.82, 2.24) is 4.57 Å². The number of benzene rings is 2. The maximum Gasteiger partial charge on any atom is 0.122 e. The molecular weight excluding hydrogens is 346 g/mol. The zero-order chi connectivity index (χ0) is 18.5. The minimum absolute atomic E-state index is 0.458. The van der Waals surface area contributed by atoms with E-state index < -0.39 is 0 Å². The van der Waals surface area contributed by atoms with Crippen molar-refractivity contribution in [2.45, 2.75) is 19.9 Å². The summed E-state index contributed by atoms with van der Waals surface area (Å²) in [6.45, 7) is 3.04. The molecule has 2 N–H and O–H groups in total. The highest BCUT2D eigenvalue weighted by molar-refractivity contribution is 6.30. The average molecular weight is 366 g/mol. The van der Waals surface area contributed by atoms with E-state index in [9.17, 15) is 5.26 Å². The number of aryl methyl sites for hydroxylation is 1. The van der Waals surface area contributed by atoms with Crippen molar-refractivity contribution in [3.63, 3.8) is 0 Å². The fourth-order valence-corrected chi connectivity index (χ4v) is 3.04. The molecule has 0 radical (unpaired) electrons. The van der Waals surface area contributed by atoms with E-state index in [1.807, 2.05) is 60.0 Å². The Morgan fingerprint density at radius 1 is 1.15 bits per heavy atom. The van der Waals surface area contributed by atoms with E-state index >= 15 is 0 Å². The quantitative estimate of drug-likeness (QED) is 0.695. The molecule has 0 saturated heterocycles. The molecule has 3 rings (SSSR count). The van der Waals surface area contributed by atoms with Crippen LogP contribution in [0.3, 0.4) is 0 Å². The van der Waals surface area contributed by atoms with E-state index in [1.165, 1.54) is 0 Å². The van der Waals surface area contributed by atoms with Gasteiger partial charge >= 0.3 is 0 Å². The number of ether oxygens (including phenoxy) is 1. The minimum Gasteiger partial charge on any atom is -0.492 e. The summed E-state index contributed by atoms with van der Waals surface area (Å²) < 4.78 is 7.76. The Hall–Kier alpha value is -2.90. The molecule has 0 spiro atoms. The third-order valence-electron chi connectivity index (χ3n) is 4.21. The molecule has 0 atom stereocenters. The van der Waals surface area contributed by atoms with Gasteiger partial charge in [0.1, 0.15) is 24.1 Å². The number of hydrogen-bond acceptors (Lipinski definition) is 3. The molecule has 0 aliphatic heterocycles. The van der Waals surface area contributed by atoms with Crippen molar-refractivity contribution in [1.29, 1.82) is 5.26 Å². The van der Waals surface area contributed by atoms with Gasteiger partial charge in [-0.1, -0.05) is 35.9 Å². The molecule has 26 heavy (non-hydrogen) atoms. The first-order valence-electron chi connectivity index (χ1n) is 8.38. The third-order valence-corrected chi connectivity index (χ3v) is 4.47. The Morgan fingerprint density at radius 3 is 2.62 bits per heavy atom. The number of hydrogen-bond donors (Lipinski definition) is 1. The van der Waals surface area contributed by atoms with Crippen LogP contribution in [0.25, 0.3) is 0 Å². The second kappa shape index (κ2) is 7.99. The number of nitrogen functional groups attached to an aromatic ring is 1. The fraction of sp³-hybridized carbons (Fsp3) is 0.190. The Bertz CT molecular complexity index is 939. The number of nitrogens with zero attached hydrogens (tertiary/aromatic N) is 2. The van der Waals surface area contributed by atoms with Gasteiger partial charge in [-0.15, -0.1) is 0 Å². The highest BCUT2D eigenvalue weighted by Crippen LogP contribution is 2.23. The summed E-state index contributed by atoms with van der Waals surface area (Å²) in [5.41, 5.74) is 10.5. The highest BCUT2D eigenvalue weighted by Gasteiger charge is 2.14. The first kappa shape index (κ1) is 17.9. The summed E-state index contributed by atoms with van der Waals surface area (Å²) in [5.74, 6) is 0.822. The third kappa shape index (κ3) is 4.19. The topological polar surface area (TPSA) is 64.0 Å². The monoisotopic (exact) mass is 365 g/mol. The minimum atomic E-state index is 0.458. The van der Waals surface area contributed by atoms with Crippen LogP contribution in [0.4, 0.5) is 5.69 Å². The van der Waals surface area contributed by atoms with E-state index in [4.69, 9.17) is 22.1 Å². The second-order valence-corrected chi connectivity index (χ2v) is 6.60. The number of anilines is 1. The van der Waals surface area contributed by atoms with Crippen LogP contribution in [0, 0.1) is 18.3 Å². The predicted molar refractivity (Wildman–Crippen MR) is 104 cm³/mol. The summed E-state index contributed by atoms with van der Waals surface area (Å²) in [7, 11) is 0. The second-order valence-electron chi connectivity index (χ2n) is 6.16. The van der Waals surface area contributed by atoms with Gasteiger partial charge in [0.2, 0.25) is 0 Å². The number of nitriles is 1. The lowest BCUT2D eigenvalue weighted by molar-refractivity contribution is 0.296. The number of aromatic nitrogens is 1. The van der Waals surface area contributed by atoms with Gasteiger partial charge in [-0.3, -0.25) is 0 Å². The summed E-state index contributed by atoms with van der Waals surface area (Å²) >= 11 is 5.95. The van der Waals surface area contributed by atoms with Crippen LogP contribution in [0.2, 0.25) is 5.02 Å². The van der Waals surface area contributed by atoms with Crippen LogP contribution in [-0.4, -0.2) is 11.2 Å². The lowest BCUT2D eigenvalue weighted by Gasteiger charge is -2.13. The van der Waals surface area contributed by atoms with Crippen LogP contribution in [-0.2, 0) is 13.0 Å². The van der Waals surface area contributed by atoms with Crippen molar-refractivity contribution >= 4 is 17.3 Å². The molecule has 0 saturated carbocycles. The normalized spacial score (nSPS) is 10.5. The standard InChI is InChI=1S/C21H20ClN3O/c1-15-3-2-4-19(11-15)26-10-9-25-18(14-23)13-20(24)21(25)12-16-5-7-17(22)8-6-16/h2-8,11,13H,9-10,12,24H2,1H3. The van der Waals surface area contributed by atoms with Gasteiger partial charge in [-0.25, -0.2) is 0 Å². The van der Waals surface area contributed by atoms with Crippen LogP contribution in [0.5, 0.6) is 5.75 Å². The van der Waals surface area contributed by atoms with E-state index in [0.29, 0.717) is 36.0 Å². The lowest BCUT2D eigenvalue weighted by atomic mass is 10.1. The van der Waals surface area contributed by atoms with Gasteiger partial charge in [0.25, 0.3) is 0 Å². The molecule has 132 valence electrons. The van der Waals surface area contributed by atoms with Gasteiger partial charge in [0.15, 0.2) is 0 Å². The van der Waals surface area contributed by atoms with Crippen LogP contribution in [0.15, 0.2) is 54.6 Å². The maximum atomic E-state index is 9.43. The van der Waals surface area contributed by atoms with Crippen LogP contribution >= 0.6 is 11.6 Å². The smallest absolute Gasteiger partial charge is 0.122 e. The molecule has 0 amide bonds. The fourth-order valence-electron chi connectivity index (χ4n) is 2.91. The molecule has 0 aliphatic rings. The van der Waals surface area contributed by atoms with Crippen molar-refractivity contribution < 1.29 is 4.74 Å². The van der Waals surface area contributed by atoms with Gasteiger partial charge < -0.3 is 15.0 Å². The SMILES string of the molecule is Cc1cccc(OCCn2c(C#N)cc(N)c2Cc2ccc(Cl)cc2)c1. The average Bonchev–Trinajstić information content (AvgIpc) is 2.92. The zero-order valence-corrected chi connectivity index (χ0v) is 15.3. The van der Waals surface area contributed by atoms with Crippen LogP contribution in [0.1, 0.15) is 22.5 Å². The van der Waals surface area contributed by atoms with Gasteiger partial charge in [-0.2, -0.15) is 5.26 Å². The van der Waals surface area contributed by atoms with E-state index in [2.05, 4.69) is 6.07 Å². The molecular formula is C21H20ClN3O. The highest BCUT2D eigenvalue weighted by atomic mass is 35.5. The molecule has 1 aromatic heterocycles. The van der Waals surface area contributed by atoms with Gasteiger partial charge in [0, 0.05) is 17.1 Å². The van der Waals surface area contributed by atoms with Gasteiger partial charge in [0.05, 0.1) is 12.2 Å².